The van der Waals surface area contributed by atoms with Crippen LogP contribution in [0.15, 0.2) is 41.1 Å². The number of nitrogens with one attached hydrogen (secondary N) is 2. The number of furan rings is 1. The molecule has 2 aliphatic rings. The Kier molecular flexibility index (Phi) is 4.21. The summed E-state index contributed by atoms with van der Waals surface area (Å²) in [5.41, 5.74) is 1.26. The van der Waals surface area contributed by atoms with E-state index in [9.17, 15) is 4.79 Å². The van der Waals surface area contributed by atoms with Crippen LogP contribution in [-0.4, -0.2) is 29.8 Å². The number of ether oxygens (including phenoxy) is 1. The Bertz CT molecular complexity index is 697. The van der Waals surface area contributed by atoms with E-state index in [-0.39, 0.29) is 12.1 Å². The Morgan fingerprint density at radius 3 is 2.92 bits per heavy atom. The summed E-state index contributed by atoms with van der Waals surface area (Å²) in [6.07, 6.45) is 7.84. The molecule has 0 bridgehead atoms. The van der Waals surface area contributed by atoms with E-state index >= 15 is 0 Å². The molecule has 0 aromatic carbocycles. The van der Waals surface area contributed by atoms with Crippen molar-refractivity contribution in [3.05, 3.63) is 36.7 Å². The first-order valence-electron chi connectivity index (χ1n) is 8.47. The molecule has 2 N–H and O–H groups in total. The van der Waals surface area contributed by atoms with Gasteiger partial charge in [0.2, 0.25) is 0 Å². The lowest BCUT2D eigenvalue weighted by atomic mass is 10.0. The highest BCUT2D eigenvalue weighted by atomic mass is 16.5. The molecule has 6 nitrogen and oxygen atoms in total. The van der Waals surface area contributed by atoms with Crippen LogP contribution in [0.25, 0.3) is 11.5 Å². The summed E-state index contributed by atoms with van der Waals surface area (Å²) in [6, 6.07) is 7.18. The molecule has 24 heavy (non-hydrogen) atoms. The summed E-state index contributed by atoms with van der Waals surface area (Å²) in [7, 11) is 0. The van der Waals surface area contributed by atoms with Crippen molar-refractivity contribution in [2.75, 3.05) is 11.9 Å². The third kappa shape index (κ3) is 3.43. The first kappa shape index (κ1) is 15.2. The molecular formula is C18H21N3O3. The van der Waals surface area contributed by atoms with Crippen LogP contribution in [0.2, 0.25) is 0 Å². The minimum absolute atomic E-state index is 0.160. The van der Waals surface area contributed by atoms with Gasteiger partial charge in [-0.2, -0.15) is 0 Å². The maximum Gasteiger partial charge on any atom is 0.319 e. The molecule has 1 saturated carbocycles. The Morgan fingerprint density at radius 1 is 1.21 bits per heavy atom. The highest BCUT2D eigenvalue weighted by molar-refractivity contribution is 5.93. The molecule has 2 amide bonds. The fraction of sp³-hybridized carbons (Fsp3) is 0.444. The van der Waals surface area contributed by atoms with Crippen molar-refractivity contribution in [3.63, 3.8) is 0 Å². The van der Waals surface area contributed by atoms with Crippen LogP contribution >= 0.6 is 0 Å². The molecule has 0 unspecified atom stereocenters. The average Bonchev–Trinajstić information content (AvgIpc) is 3.31. The summed E-state index contributed by atoms with van der Waals surface area (Å²) in [4.78, 5) is 16.7. The van der Waals surface area contributed by atoms with Crippen molar-refractivity contribution < 1.29 is 13.9 Å². The van der Waals surface area contributed by atoms with E-state index in [4.69, 9.17) is 9.15 Å². The molecule has 2 fully saturated rings. The zero-order valence-electron chi connectivity index (χ0n) is 13.4. The number of hydrogen-bond acceptors (Lipinski definition) is 4. The molecule has 0 spiro atoms. The van der Waals surface area contributed by atoms with Crippen molar-refractivity contribution in [3.8, 4) is 11.5 Å². The van der Waals surface area contributed by atoms with Crippen LogP contribution in [0.5, 0.6) is 0 Å². The van der Waals surface area contributed by atoms with E-state index in [0.717, 1.165) is 19.4 Å². The lowest BCUT2D eigenvalue weighted by molar-refractivity contribution is -0.00889. The van der Waals surface area contributed by atoms with Gasteiger partial charge in [-0.1, -0.05) is 0 Å². The zero-order chi connectivity index (χ0) is 16.4. The van der Waals surface area contributed by atoms with Gasteiger partial charge in [0, 0.05) is 18.8 Å². The highest BCUT2D eigenvalue weighted by Gasteiger charge is 2.36. The normalized spacial score (nSPS) is 23.7. The lowest BCUT2D eigenvalue weighted by Gasteiger charge is -2.30. The fourth-order valence-electron chi connectivity index (χ4n) is 3.22. The number of nitrogens with zero attached hydrogens (tertiary/aromatic N) is 1. The lowest BCUT2D eigenvalue weighted by Crippen LogP contribution is -2.44. The van der Waals surface area contributed by atoms with Crippen LogP contribution in [0.1, 0.15) is 25.7 Å². The molecule has 1 saturated heterocycles. The largest absolute Gasteiger partial charge is 0.463 e. The van der Waals surface area contributed by atoms with Gasteiger partial charge in [-0.25, -0.2) is 4.79 Å². The van der Waals surface area contributed by atoms with Crippen LogP contribution in [0.4, 0.5) is 10.5 Å². The molecule has 2 aromatic heterocycles. The molecule has 3 heterocycles. The summed E-state index contributed by atoms with van der Waals surface area (Å²) in [5.74, 6) is 1.33. The predicted octanol–water partition coefficient (Wildman–Crippen LogP) is 3.42. The standard InChI is InChI=1S/C18H21N3O3/c22-18(20-13-7-10-24-16(11-13)12-5-6-12)21-14-3-1-8-19-17(14)15-4-2-9-23-15/h1-4,8-9,12-13,16H,5-7,10-11H2,(H2,20,21,22)/t13-,16-/m1/s1. The number of amides is 2. The molecule has 0 radical (unpaired) electrons. The third-order valence-electron chi connectivity index (χ3n) is 4.61. The molecule has 6 heteroatoms. The number of urea groups is 1. The summed E-state index contributed by atoms with van der Waals surface area (Å²) < 4.78 is 11.2. The van der Waals surface area contributed by atoms with Crippen molar-refractivity contribution in [2.45, 2.75) is 37.8 Å². The second-order valence-corrected chi connectivity index (χ2v) is 6.44. The van der Waals surface area contributed by atoms with Gasteiger partial charge < -0.3 is 19.8 Å². The van der Waals surface area contributed by atoms with Gasteiger partial charge >= 0.3 is 6.03 Å². The predicted molar refractivity (Wildman–Crippen MR) is 89.6 cm³/mol. The molecule has 2 aromatic rings. The van der Waals surface area contributed by atoms with E-state index in [1.165, 1.54) is 12.8 Å². The van der Waals surface area contributed by atoms with Crippen molar-refractivity contribution >= 4 is 11.7 Å². The zero-order valence-corrected chi connectivity index (χ0v) is 13.4. The molecule has 126 valence electrons. The number of carbonyl (C=O) groups excluding carboxylic acids is 1. The summed E-state index contributed by atoms with van der Waals surface area (Å²) in [6.45, 7) is 0.719. The second-order valence-electron chi connectivity index (χ2n) is 6.44. The van der Waals surface area contributed by atoms with Crippen molar-refractivity contribution in [1.82, 2.24) is 10.3 Å². The van der Waals surface area contributed by atoms with Crippen LogP contribution < -0.4 is 10.6 Å². The fourth-order valence-corrected chi connectivity index (χ4v) is 3.22. The smallest absolute Gasteiger partial charge is 0.319 e. The Hall–Kier alpha value is -2.34. The van der Waals surface area contributed by atoms with Crippen LogP contribution in [0.3, 0.4) is 0 Å². The Balaban J connectivity index is 1.39. The maximum absolute atomic E-state index is 12.4. The summed E-state index contributed by atoms with van der Waals surface area (Å²) in [5, 5.41) is 5.96. The quantitative estimate of drug-likeness (QED) is 0.902. The molecule has 4 rings (SSSR count). The van der Waals surface area contributed by atoms with Crippen molar-refractivity contribution in [2.24, 2.45) is 5.92 Å². The van der Waals surface area contributed by atoms with Crippen LogP contribution in [-0.2, 0) is 4.74 Å². The number of pyridine rings is 1. The summed E-state index contributed by atoms with van der Waals surface area (Å²) >= 11 is 0. The first-order valence-corrected chi connectivity index (χ1v) is 8.47. The van der Waals surface area contributed by atoms with E-state index in [1.807, 2.05) is 12.1 Å². The Labute approximate surface area is 140 Å². The van der Waals surface area contributed by atoms with Gasteiger partial charge in [-0.3, -0.25) is 4.98 Å². The number of hydrogen-bond donors (Lipinski definition) is 2. The number of carbonyl (C=O) groups is 1. The minimum Gasteiger partial charge on any atom is -0.463 e. The monoisotopic (exact) mass is 327 g/mol. The minimum atomic E-state index is -0.211. The number of aromatic nitrogens is 1. The van der Waals surface area contributed by atoms with Gasteiger partial charge in [0.15, 0.2) is 5.76 Å². The topological polar surface area (TPSA) is 76.4 Å². The van der Waals surface area contributed by atoms with Gasteiger partial charge in [0.05, 0.1) is 18.1 Å². The third-order valence-corrected chi connectivity index (χ3v) is 4.61. The Morgan fingerprint density at radius 2 is 2.12 bits per heavy atom. The second kappa shape index (κ2) is 6.65. The van der Waals surface area contributed by atoms with Crippen LogP contribution in [0, 0.1) is 5.92 Å². The SMILES string of the molecule is O=C(Nc1cccnc1-c1ccco1)N[C@@H]1CCO[C@@H](C2CC2)C1. The van der Waals surface area contributed by atoms with E-state index < -0.39 is 0 Å². The molecule has 1 aliphatic heterocycles. The maximum atomic E-state index is 12.4. The average molecular weight is 327 g/mol. The van der Waals surface area contributed by atoms with Gasteiger partial charge in [-0.05, 0) is 55.9 Å². The van der Waals surface area contributed by atoms with E-state index in [0.29, 0.717) is 29.2 Å². The van der Waals surface area contributed by atoms with E-state index in [1.54, 1.807) is 24.6 Å². The van der Waals surface area contributed by atoms with Gasteiger partial charge in [-0.15, -0.1) is 0 Å². The first-order chi connectivity index (χ1) is 11.8. The number of rotatable bonds is 4. The van der Waals surface area contributed by atoms with E-state index in [2.05, 4.69) is 15.6 Å². The molecule has 2 atom stereocenters. The van der Waals surface area contributed by atoms with Gasteiger partial charge in [0.25, 0.3) is 0 Å². The number of anilines is 1. The van der Waals surface area contributed by atoms with Gasteiger partial charge in [0.1, 0.15) is 5.69 Å². The molecular weight excluding hydrogens is 306 g/mol. The van der Waals surface area contributed by atoms with Crippen molar-refractivity contribution in [1.29, 1.82) is 0 Å². The molecule has 1 aliphatic carbocycles. The highest BCUT2D eigenvalue weighted by Crippen LogP contribution is 2.38.